The summed E-state index contributed by atoms with van der Waals surface area (Å²) in [5.74, 6) is -0.795. The van der Waals surface area contributed by atoms with Gasteiger partial charge < -0.3 is 20.5 Å². The Hall–Kier alpha value is -1.30. The number of unbranched alkanes of at least 4 members (excludes halogenated alkanes) is 1. The number of carbonyl (C=O) groups is 2. The van der Waals surface area contributed by atoms with E-state index in [1.807, 2.05) is 6.92 Å². The smallest absolute Gasteiger partial charge is 0.315 e. The van der Waals surface area contributed by atoms with Gasteiger partial charge in [0.15, 0.2) is 0 Å². The van der Waals surface area contributed by atoms with Gasteiger partial charge in [-0.2, -0.15) is 0 Å². The molecule has 0 aromatic heterocycles. The van der Waals surface area contributed by atoms with Crippen LogP contribution >= 0.6 is 0 Å². The van der Waals surface area contributed by atoms with Crippen LogP contribution in [0, 0.1) is 0 Å². The molecule has 1 saturated carbocycles. The number of urea groups is 1. The molecule has 0 radical (unpaired) electrons. The lowest BCUT2D eigenvalue weighted by atomic mass is 9.89. The third-order valence-corrected chi connectivity index (χ3v) is 2.94. The average Bonchev–Trinajstić information content (AvgIpc) is 2.25. The molecule has 1 rings (SSSR count). The van der Waals surface area contributed by atoms with Gasteiger partial charge in [0, 0.05) is 25.6 Å². The molecule has 0 heterocycles. The molecule has 0 saturated heterocycles. The van der Waals surface area contributed by atoms with Gasteiger partial charge in [0.25, 0.3) is 0 Å². The highest BCUT2D eigenvalue weighted by atomic mass is 16.5. The van der Waals surface area contributed by atoms with E-state index in [9.17, 15) is 9.59 Å². The summed E-state index contributed by atoms with van der Waals surface area (Å²) in [5, 5.41) is 14.0. The van der Waals surface area contributed by atoms with E-state index < -0.39 is 5.97 Å². The van der Waals surface area contributed by atoms with Gasteiger partial charge in [0.1, 0.15) is 0 Å². The summed E-state index contributed by atoms with van der Waals surface area (Å²) in [5.41, 5.74) is 0. The van der Waals surface area contributed by atoms with Crippen molar-refractivity contribution in [2.45, 2.75) is 51.2 Å². The molecule has 6 nitrogen and oxygen atoms in total. The fourth-order valence-corrected chi connectivity index (χ4v) is 1.89. The molecule has 0 aliphatic heterocycles. The second-order valence-corrected chi connectivity index (χ2v) is 4.50. The quantitative estimate of drug-likeness (QED) is 0.569. The Kier molecular flexibility index (Phi) is 6.49. The van der Waals surface area contributed by atoms with Crippen LogP contribution in [0.5, 0.6) is 0 Å². The standard InChI is InChI=1S/C12H22N2O4/c1-2-18-10-7-9(8-10)14-12(17)13-6-4-3-5-11(15)16/h9-10H,2-8H2,1H3,(H,15,16)(H2,13,14,17). The van der Waals surface area contributed by atoms with Crippen LogP contribution in [0.1, 0.15) is 39.0 Å². The number of carboxylic acids is 1. The molecular weight excluding hydrogens is 236 g/mol. The fraction of sp³-hybridized carbons (Fsp3) is 0.833. The topological polar surface area (TPSA) is 87.7 Å². The van der Waals surface area contributed by atoms with Crippen molar-refractivity contribution in [3.05, 3.63) is 0 Å². The van der Waals surface area contributed by atoms with Crippen molar-refractivity contribution in [1.29, 1.82) is 0 Å². The van der Waals surface area contributed by atoms with E-state index in [4.69, 9.17) is 9.84 Å². The number of hydrogen-bond acceptors (Lipinski definition) is 3. The van der Waals surface area contributed by atoms with E-state index in [0.717, 1.165) is 12.8 Å². The maximum atomic E-state index is 11.4. The summed E-state index contributed by atoms with van der Waals surface area (Å²) in [6, 6.07) is 0.0332. The Balaban J connectivity index is 1.94. The third-order valence-electron chi connectivity index (χ3n) is 2.94. The van der Waals surface area contributed by atoms with Gasteiger partial charge in [-0.05, 0) is 32.6 Å². The van der Waals surface area contributed by atoms with Gasteiger partial charge >= 0.3 is 12.0 Å². The summed E-state index contributed by atoms with van der Waals surface area (Å²) in [6.45, 7) is 3.19. The van der Waals surface area contributed by atoms with Crippen LogP contribution in [0.15, 0.2) is 0 Å². The van der Waals surface area contributed by atoms with Crippen LogP contribution in [-0.4, -0.2) is 42.4 Å². The van der Waals surface area contributed by atoms with Crippen LogP contribution in [0.4, 0.5) is 4.79 Å². The zero-order valence-corrected chi connectivity index (χ0v) is 10.8. The zero-order chi connectivity index (χ0) is 13.4. The molecule has 0 bridgehead atoms. The Bertz CT molecular complexity index is 277. The molecule has 1 aliphatic rings. The molecule has 0 unspecified atom stereocenters. The number of carboxylic acid groups (broad SMARTS) is 1. The van der Waals surface area contributed by atoms with Gasteiger partial charge in [0.2, 0.25) is 0 Å². The molecule has 1 fully saturated rings. The summed E-state index contributed by atoms with van der Waals surface area (Å²) >= 11 is 0. The predicted molar refractivity (Wildman–Crippen MR) is 66.5 cm³/mol. The molecule has 6 heteroatoms. The molecule has 3 N–H and O–H groups in total. The van der Waals surface area contributed by atoms with E-state index in [-0.39, 0.29) is 24.6 Å². The van der Waals surface area contributed by atoms with Crippen molar-refractivity contribution < 1.29 is 19.4 Å². The predicted octanol–water partition coefficient (Wildman–Crippen LogP) is 1.11. The van der Waals surface area contributed by atoms with Crippen molar-refractivity contribution in [2.24, 2.45) is 0 Å². The Labute approximate surface area is 107 Å². The molecular formula is C12H22N2O4. The Morgan fingerprint density at radius 2 is 2.06 bits per heavy atom. The van der Waals surface area contributed by atoms with E-state index in [1.165, 1.54) is 0 Å². The molecule has 0 aromatic carbocycles. The van der Waals surface area contributed by atoms with Crippen molar-refractivity contribution in [3.63, 3.8) is 0 Å². The Morgan fingerprint density at radius 3 is 2.67 bits per heavy atom. The van der Waals surface area contributed by atoms with Gasteiger partial charge in [-0.3, -0.25) is 4.79 Å². The highest BCUT2D eigenvalue weighted by Crippen LogP contribution is 2.22. The normalized spacial score (nSPS) is 22.1. The van der Waals surface area contributed by atoms with Crippen LogP contribution in [0.3, 0.4) is 0 Å². The van der Waals surface area contributed by atoms with Crippen molar-refractivity contribution in [2.75, 3.05) is 13.2 Å². The summed E-state index contributed by atoms with van der Waals surface area (Å²) in [4.78, 5) is 21.7. The van der Waals surface area contributed by atoms with Crippen LogP contribution in [0.2, 0.25) is 0 Å². The lowest BCUT2D eigenvalue weighted by Crippen LogP contribution is -2.51. The summed E-state index contributed by atoms with van der Waals surface area (Å²) in [7, 11) is 0. The molecule has 0 aromatic rings. The minimum absolute atomic E-state index is 0.155. The SMILES string of the molecule is CCOC1CC(NC(=O)NCCCCC(=O)O)C1. The maximum absolute atomic E-state index is 11.4. The van der Waals surface area contributed by atoms with E-state index in [1.54, 1.807) is 0 Å². The van der Waals surface area contributed by atoms with Crippen LogP contribution < -0.4 is 10.6 Å². The molecule has 0 spiro atoms. The zero-order valence-electron chi connectivity index (χ0n) is 10.8. The first kappa shape index (κ1) is 14.8. The molecule has 0 atom stereocenters. The third kappa shape index (κ3) is 5.86. The molecule has 18 heavy (non-hydrogen) atoms. The lowest BCUT2D eigenvalue weighted by Gasteiger charge is -2.35. The summed E-state index contributed by atoms with van der Waals surface area (Å²) in [6.07, 6.45) is 3.47. The molecule has 1 aliphatic carbocycles. The minimum atomic E-state index is -0.795. The second kappa shape index (κ2) is 7.92. The monoisotopic (exact) mass is 258 g/mol. The second-order valence-electron chi connectivity index (χ2n) is 4.50. The number of ether oxygens (including phenoxy) is 1. The highest BCUT2D eigenvalue weighted by molar-refractivity contribution is 5.74. The first-order valence-electron chi connectivity index (χ1n) is 6.49. The minimum Gasteiger partial charge on any atom is -0.481 e. The van der Waals surface area contributed by atoms with Gasteiger partial charge in [-0.15, -0.1) is 0 Å². The average molecular weight is 258 g/mol. The number of hydrogen-bond donors (Lipinski definition) is 3. The Morgan fingerprint density at radius 1 is 1.33 bits per heavy atom. The number of rotatable bonds is 8. The van der Waals surface area contributed by atoms with Gasteiger partial charge in [0.05, 0.1) is 6.10 Å². The first-order valence-corrected chi connectivity index (χ1v) is 6.49. The number of aliphatic carboxylic acids is 1. The van der Waals surface area contributed by atoms with Crippen molar-refractivity contribution >= 4 is 12.0 Å². The number of nitrogens with one attached hydrogen (secondary N) is 2. The van der Waals surface area contributed by atoms with Crippen LogP contribution in [-0.2, 0) is 9.53 Å². The fourth-order valence-electron chi connectivity index (χ4n) is 1.89. The van der Waals surface area contributed by atoms with Crippen molar-refractivity contribution in [3.8, 4) is 0 Å². The van der Waals surface area contributed by atoms with Crippen LogP contribution in [0.25, 0.3) is 0 Å². The first-order chi connectivity index (χ1) is 8.61. The highest BCUT2D eigenvalue weighted by Gasteiger charge is 2.30. The molecule has 104 valence electrons. The van der Waals surface area contributed by atoms with E-state index in [2.05, 4.69) is 10.6 Å². The largest absolute Gasteiger partial charge is 0.481 e. The lowest BCUT2D eigenvalue weighted by molar-refractivity contribution is -0.137. The van der Waals surface area contributed by atoms with Crippen molar-refractivity contribution in [1.82, 2.24) is 10.6 Å². The van der Waals surface area contributed by atoms with E-state index in [0.29, 0.717) is 26.0 Å². The van der Waals surface area contributed by atoms with Gasteiger partial charge in [-0.25, -0.2) is 4.79 Å². The van der Waals surface area contributed by atoms with Gasteiger partial charge in [-0.1, -0.05) is 0 Å². The summed E-state index contributed by atoms with van der Waals surface area (Å²) < 4.78 is 5.40. The maximum Gasteiger partial charge on any atom is 0.315 e. The number of amides is 2. The molecule has 2 amide bonds. The van der Waals surface area contributed by atoms with E-state index >= 15 is 0 Å². The number of carbonyl (C=O) groups excluding carboxylic acids is 1.